The number of amides is 2. The van der Waals surface area contributed by atoms with E-state index in [1.54, 1.807) is 6.07 Å². The molecule has 26 heavy (non-hydrogen) atoms. The summed E-state index contributed by atoms with van der Waals surface area (Å²) in [7, 11) is 0. The van der Waals surface area contributed by atoms with Crippen molar-refractivity contribution in [3.8, 4) is 11.3 Å². The molecule has 0 saturated heterocycles. The topological polar surface area (TPSA) is 71.1 Å². The second-order valence-electron chi connectivity index (χ2n) is 5.79. The van der Waals surface area contributed by atoms with Crippen molar-refractivity contribution in [3.05, 3.63) is 57.6 Å². The Bertz CT molecular complexity index is 871. The van der Waals surface area contributed by atoms with Gasteiger partial charge in [0.1, 0.15) is 0 Å². The Morgan fingerprint density at radius 1 is 1.12 bits per heavy atom. The van der Waals surface area contributed by atoms with Crippen molar-refractivity contribution in [1.82, 2.24) is 10.3 Å². The lowest BCUT2D eigenvalue weighted by molar-refractivity contribution is -0.116. The number of nitrogens with zero attached hydrogens (tertiary/aromatic N) is 1. The molecule has 0 atom stereocenters. The number of carbonyl (C=O) groups excluding carboxylic acids is 2. The second kappa shape index (κ2) is 8.73. The van der Waals surface area contributed by atoms with Crippen LogP contribution in [-0.4, -0.2) is 23.3 Å². The molecule has 1 aromatic carbocycles. The van der Waals surface area contributed by atoms with Crippen molar-refractivity contribution < 1.29 is 9.59 Å². The lowest BCUT2D eigenvalue weighted by Crippen LogP contribution is -2.24. The molecule has 2 amide bonds. The summed E-state index contributed by atoms with van der Waals surface area (Å²) in [6.45, 7) is 2.51. The molecule has 0 saturated carbocycles. The first-order chi connectivity index (χ1) is 12.6. The summed E-state index contributed by atoms with van der Waals surface area (Å²) in [5.41, 5.74) is 3.08. The van der Waals surface area contributed by atoms with E-state index >= 15 is 0 Å². The molecule has 0 unspecified atom stereocenters. The average molecular weight is 386 g/mol. The summed E-state index contributed by atoms with van der Waals surface area (Å²) in [6, 6.07) is 11.7. The summed E-state index contributed by atoms with van der Waals surface area (Å²) >= 11 is 2.81. The Hall–Kier alpha value is -2.51. The van der Waals surface area contributed by atoms with Crippen LogP contribution in [0.25, 0.3) is 11.3 Å². The zero-order chi connectivity index (χ0) is 18.4. The van der Waals surface area contributed by atoms with E-state index in [0.29, 0.717) is 29.4 Å². The number of thiazole rings is 1. The van der Waals surface area contributed by atoms with Crippen molar-refractivity contribution in [1.29, 1.82) is 0 Å². The van der Waals surface area contributed by atoms with E-state index in [1.165, 1.54) is 28.2 Å². The molecule has 2 aromatic heterocycles. The monoisotopic (exact) mass is 385 g/mol. The van der Waals surface area contributed by atoms with Crippen LogP contribution in [0, 0.1) is 6.92 Å². The van der Waals surface area contributed by atoms with Gasteiger partial charge in [-0.05, 0) is 24.8 Å². The van der Waals surface area contributed by atoms with Crippen molar-refractivity contribution in [3.63, 3.8) is 0 Å². The Morgan fingerprint density at radius 2 is 1.92 bits per heavy atom. The van der Waals surface area contributed by atoms with Crippen LogP contribution in [0.1, 0.15) is 28.1 Å². The highest BCUT2D eigenvalue weighted by Gasteiger charge is 2.09. The molecule has 0 aliphatic rings. The molecule has 2 heterocycles. The molecule has 0 radical (unpaired) electrons. The van der Waals surface area contributed by atoms with Gasteiger partial charge >= 0.3 is 0 Å². The first-order valence-corrected chi connectivity index (χ1v) is 10.0. The molecule has 0 aliphatic heterocycles. The van der Waals surface area contributed by atoms with E-state index in [2.05, 4.69) is 15.6 Å². The minimum Gasteiger partial charge on any atom is -0.351 e. The number of benzene rings is 1. The Labute approximate surface area is 160 Å². The van der Waals surface area contributed by atoms with Crippen LogP contribution < -0.4 is 10.6 Å². The van der Waals surface area contributed by atoms with E-state index in [9.17, 15) is 9.59 Å². The van der Waals surface area contributed by atoms with Gasteiger partial charge in [-0.15, -0.1) is 22.7 Å². The molecule has 5 nitrogen and oxygen atoms in total. The van der Waals surface area contributed by atoms with Gasteiger partial charge in [-0.25, -0.2) is 4.98 Å². The molecule has 3 rings (SSSR count). The van der Waals surface area contributed by atoms with Gasteiger partial charge in [-0.3, -0.25) is 9.59 Å². The summed E-state index contributed by atoms with van der Waals surface area (Å²) in [4.78, 5) is 29.0. The maximum Gasteiger partial charge on any atom is 0.261 e. The van der Waals surface area contributed by atoms with E-state index < -0.39 is 0 Å². The Morgan fingerprint density at radius 3 is 2.65 bits per heavy atom. The van der Waals surface area contributed by atoms with Crippen LogP contribution in [-0.2, 0) is 4.79 Å². The first kappa shape index (κ1) is 18.3. The largest absolute Gasteiger partial charge is 0.351 e. The second-order valence-corrected chi connectivity index (χ2v) is 7.59. The predicted molar refractivity (Wildman–Crippen MR) is 107 cm³/mol. The normalized spacial score (nSPS) is 10.5. The van der Waals surface area contributed by atoms with Crippen molar-refractivity contribution >= 4 is 39.6 Å². The number of anilines is 1. The maximum absolute atomic E-state index is 12.0. The molecular formula is C19H19N3O2S2. The number of aromatic nitrogens is 1. The van der Waals surface area contributed by atoms with Crippen LogP contribution in [0.2, 0.25) is 0 Å². The number of carbonyl (C=O) groups is 2. The lowest BCUT2D eigenvalue weighted by atomic mass is 10.1. The number of thiophene rings is 1. The average Bonchev–Trinajstić information content (AvgIpc) is 3.31. The molecule has 3 aromatic rings. The Balaban J connectivity index is 1.42. The van der Waals surface area contributed by atoms with Gasteiger partial charge in [0.15, 0.2) is 5.13 Å². The fourth-order valence-corrected chi connectivity index (χ4v) is 3.69. The van der Waals surface area contributed by atoms with Crippen LogP contribution in [0.15, 0.2) is 47.2 Å². The molecular weight excluding hydrogens is 366 g/mol. The van der Waals surface area contributed by atoms with Gasteiger partial charge in [-0.2, -0.15) is 0 Å². The number of aryl methyl sites for hydroxylation is 1. The lowest BCUT2D eigenvalue weighted by Gasteiger charge is -2.04. The fraction of sp³-hybridized carbons (Fsp3) is 0.211. The standard InChI is InChI=1S/C19H19N3O2S2/c1-13-6-8-14(9-7-13)15-12-26-19(21-15)22-17(23)5-2-10-20-18(24)16-4-3-11-25-16/h3-4,6-9,11-12H,2,5,10H2,1H3,(H,20,24)(H,21,22,23). The summed E-state index contributed by atoms with van der Waals surface area (Å²) < 4.78 is 0. The molecule has 0 spiro atoms. The summed E-state index contributed by atoms with van der Waals surface area (Å²) in [5, 5.41) is 10.0. The van der Waals surface area contributed by atoms with Crippen LogP contribution in [0.4, 0.5) is 5.13 Å². The highest BCUT2D eigenvalue weighted by molar-refractivity contribution is 7.14. The maximum atomic E-state index is 12.0. The third kappa shape index (κ3) is 5.00. The van der Waals surface area contributed by atoms with Crippen molar-refractivity contribution in [2.75, 3.05) is 11.9 Å². The first-order valence-electron chi connectivity index (χ1n) is 8.26. The Kier molecular flexibility index (Phi) is 6.14. The number of nitrogens with one attached hydrogen (secondary N) is 2. The highest BCUT2D eigenvalue weighted by atomic mass is 32.1. The van der Waals surface area contributed by atoms with Gasteiger partial charge in [0, 0.05) is 23.9 Å². The van der Waals surface area contributed by atoms with Crippen molar-refractivity contribution in [2.45, 2.75) is 19.8 Å². The molecule has 0 aliphatic carbocycles. The highest BCUT2D eigenvalue weighted by Crippen LogP contribution is 2.25. The van der Waals surface area contributed by atoms with Crippen LogP contribution in [0.5, 0.6) is 0 Å². The SMILES string of the molecule is Cc1ccc(-c2csc(NC(=O)CCCNC(=O)c3cccs3)n2)cc1. The van der Waals surface area contributed by atoms with Crippen molar-refractivity contribution in [2.24, 2.45) is 0 Å². The van der Waals surface area contributed by atoms with Gasteiger partial charge in [0.25, 0.3) is 5.91 Å². The number of hydrogen-bond donors (Lipinski definition) is 2. The molecule has 134 valence electrons. The summed E-state index contributed by atoms with van der Waals surface area (Å²) in [5.74, 6) is -0.191. The van der Waals surface area contributed by atoms with Gasteiger partial charge in [0.05, 0.1) is 10.6 Å². The number of rotatable bonds is 7. The van der Waals surface area contributed by atoms with E-state index in [-0.39, 0.29) is 11.8 Å². The third-order valence-corrected chi connectivity index (χ3v) is 5.34. The van der Waals surface area contributed by atoms with Crippen LogP contribution >= 0.6 is 22.7 Å². The minimum absolute atomic E-state index is 0.0944. The molecule has 0 bridgehead atoms. The van der Waals surface area contributed by atoms with Gasteiger partial charge < -0.3 is 10.6 Å². The predicted octanol–water partition coefficient (Wildman–Crippen LogP) is 4.33. The summed E-state index contributed by atoms with van der Waals surface area (Å²) in [6.07, 6.45) is 0.920. The van der Waals surface area contributed by atoms with Gasteiger partial charge in [-0.1, -0.05) is 35.9 Å². The quantitative estimate of drug-likeness (QED) is 0.595. The fourth-order valence-electron chi connectivity index (χ4n) is 2.32. The minimum atomic E-state index is -0.0971. The molecule has 7 heteroatoms. The molecule has 0 fully saturated rings. The van der Waals surface area contributed by atoms with Gasteiger partial charge in [0.2, 0.25) is 5.91 Å². The zero-order valence-corrected chi connectivity index (χ0v) is 16.0. The number of hydrogen-bond acceptors (Lipinski definition) is 5. The molecule has 2 N–H and O–H groups in total. The van der Waals surface area contributed by atoms with E-state index in [4.69, 9.17) is 0 Å². The zero-order valence-electron chi connectivity index (χ0n) is 14.3. The van der Waals surface area contributed by atoms with E-state index in [0.717, 1.165) is 11.3 Å². The third-order valence-electron chi connectivity index (χ3n) is 3.71. The smallest absolute Gasteiger partial charge is 0.261 e. The van der Waals surface area contributed by atoms with E-state index in [1.807, 2.05) is 48.0 Å². The van der Waals surface area contributed by atoms with Crippen LogP contribution in [0.3, 0.4) is 0 Å².